The van der Waals surface area contributed by atoms with Crippen LogP contribution < -0.4 is 5.32 Å². The Balaban J connectivity index is 2.00. The van der Waals surface area contributed by atoms with Gasteiger partial charge in [-0.1, -0.05) is 19.1 Å². The number of benzene rings is 1. The molecule has 0 saturated carbocycles. The van der Waals surface area contributed by atoms with E-state index < -0.39 is 0 Å². The minimum atomic E-state index is 0.634. The van der Waals surface area contributed by atoms with E-state index in [2.05, 4.69) is 67.3 Å². The fraction of sp³-hybridized carbons (Fsp3) is 0.571. The summed E-state index contributed by atoms with van der Waals surface area (Å²) < 4.78 is 0. The van der Waals surface area contributed by atoms with Crippen LogP contribution in [0.2, 0.25) is 0 Å². The monoisotopic (exact) mass is 250 g/mol. The minimum absolute atomic E-state index is 0.634. The molecule has 1 heterocycles. The van der Waals surface area contributed by atoms with Crippen LogP contribution in [-0.2, 0) is 6.54 Å². The number of nitrogens with zero attached hydrogens (tertiary/aromatic N) is 1. The molecule has 1 aromatic rings. The summed E-state index contributed by atoms with van der Waals surface area (Å²) in [5.41, 5.74) is 2.64. The molecule has 17 heavy (non-hydrogen) atoms. The van der Waals surface area contributed by atoms with Gasteiger partial charge in [-0.3, -0.25) is 0 Å². The van der Waals surface area contributed by atoms with E-state index in [0.29, 0.717) is 6.04 Å². The van der Waals surface area contributed by atoms with Crippen molar-refractivity contribution in [2.24, 2.45) is 0 Å². The highest BCUT2D eigenvalue weighted by molar-refractivity contribution is 8.00. The predicted molar refractivity (Wildman–Crippen MR) is 77.8 cm³/mol. The highest BCUT2D eigenvalue weighted by Gasteiger charge is 2.23. The van der Waals surface area contributed by atoms with Crippen LogP contribution in [-0.4, -0.2) is 36.0 Å². The first-order valence-electron chi connectivity index (χ1n) is 6.27. The summed E-state index contributed by atoms with van der Waals surface area (Å²) in [4.78, 5) is 2.20. The summed E-state index contributed by atoms with van der Waals surface area (Å²) in [6.45, 7) is 3.32. The lowest BCUT2D eigenvalue weighted by molar-refractivity contribution is 0.402. The topological polar surface area (TPSA) is 15.3 Å². The van der Waals surface area contributed by atoms with Gasteiger partial charge in [-0.15, -0.1) is 0 Å². The molecule has 3 heteroatoms. The normalized spacial score (nSPS) is 24.2. The standard InChI is InChI=1S/C14H22N2S/c1-11-14(7-8-17-11)15-13-6-4-5-12(9-13)10-16(2)3/h4-6,9,11,14-15H,7-8,10H2,1-3H3. The lowest BCUT2D eigenvalue weighted by atomic mass is 10.1. The van der Waals surface area contributed by atoms with E-state index in [1.54, 1.807) is 0 Å². The third kappa shape index (κ3) is 3.65. The zero-order chi connectivity index (χ0) is 12.3. The van der Waals surface area contributed by atoms with Crippen LogP contribution in [0.5, 0.6) is 0 Å². The molecule has 1 fully saturated rings. The first-order chi connectivity index (χ1) is 8.15. The number of nitrogens with one attached hydrogen (secondary N) is 1. The molecule has 0 aromatic heterocycles. The lowest BCUT2D eigenvalue weighted by Gasteiger charge is -2.19. The summed E-state index contributed by atoms with van der Waals surface area (Å²) in [6, 6.07) is 9.42. The number of thioether (sulfide) groups is 1. The van der Waals surface area contributed by atoms with Crippen LogP contribution in [0.25, 0.3) is 0 Å². The molecule has 1 saturated heterocycles. The molecular formula is C14H22N2S. The molecule has 0 spiro atoms. The third-order valence-corrected chi connectivity index (χ3v) is 4.48. The maximum atomic E-state index is 3.66. The van der Waals surface area contributed by atoms with Crippen LogP contribution in [0.15, 0.2) is 24.3 Å². The van der Waals surface area contributed by atoms with Crippen LogP contribution in [0.1, 0.15) is 18.9 Å². The molecule has 94 valence electrons. The van der Waals surface area contributed by atoms with Crippen molar-refractivity contribution >= 4 is 17.4 Å². The van der Waals surface area contributed by atoms with Gasteiger partial charge in [-0.25, -0.2) is 0 Å². The van der Waals surface area contributed by atoms with Crippen LogP contribution >= 0.6 is 11.8 Å². The van der Waals surface area contributed by atoms with Gasteiger partial charge in [0.05, 0.1) is 0 Å². The summed E-state index contributed by atoms with van der Waals surface area (Å²) in [5.74, 6) is 1.29. The Kier molecular flexibility index (Phi) is 4.35. The van der Waals surface area contributed by atoms with E-state index >= 15 is 0 Å². The summed E-state index contributed by atoms with van der Waals surface area (Å²) in [5, 5.41) is 4.39. The van der Waals surface area contributed by atoms with E-state index in [1.165, 1.54) is 23.4 Å². The molecular weight excluding hydrogens is 228 g/mol. The quantitative estimate of drug-likeness (QED) is 0.884. The van der Waals surface area contributed by atoms with Crippen molar-refractivity contribution < 1.29 is 0 Å². The number of rotatable bonds is 4. The fourth-order valence-corrected chi connectivity index (χ4v) is 3.46. The van der Waals surface area contributed by atoms with Gasteiger partial charge in [0.2, 0.25) is 0 Å². The van der Waals surface area contributed by atoms with Crippen molar-refractivity contribution in [3.8, 4) is 0 Å². The summed E-state index contributed by atoms with van der Waals surface area (Å²) >= 11 is 2.07. The van der Waals surface area contributed by atoms with E-state index in [0.717, 1.165) is 11.8 Å². The van der Waals surface area contributed by atoms with Gasteiger partial charge in [0.15, 0.2) is 0 Å². The van der Waals surface area contributed by atoms with Crippen molar-refractivity contribution in [3.63, 3.8) is 0 Å². The molecule has 0 amide bonds. The summed E-state index contributed by atoms with van der Waals surface area (Å²) in [7, 11) is 4.21. The maximum absolute atomic E-state index is 3.66. The van der Waals surface area contributed by atoms with Crippen LogP contribution in [0.3, 0.4) is 0 Å². The van der Waals surface area contributed by atoms with Crippen LogP contribution in [0, 0.1) is 0 Å². The van der Waals surface area contributed by atoms with Crippen molar-refractivity contribution in [3.05, 3.63) is 29.8 Å². The Labute approximate surface area is 109 Å². The predicted octanol–water partition coefficient (Wildman–Crippen LogP) is 3.05. The van der Waals surface area contributed by atoms with E-state index in [-0.39, 0.29) is 0 Å². The number of hydrogen-bond donors (Lipinski definition) is 1. The van der Waals surface area contributed by atoms with Gasteiger partial charge < -0.3 is 10.2 Å². The van der Waals surface area contributed by atoms with Crippen LogP contribution in [0.4, 0.5) is 5.69 Å². The van der Waals surface area contributed by atoms with Gasteiger partial charge >= 0.3 is 0 Å². The highest BCUT2D eigenvalue weighted by atomic mass is 32.2. The SMILES string of the molecule is CC1SCCC1Nc1cccc(CN(C)C)c1. The second kappa shape index (κ2) is 5.78. The van der Waals surface area contributed by atoms with E-state index in [1.807, 2.05) is 0 Å². The average molecular weight is 250 g/mol. The van der Waals surface area contributed by atoms with Crippen molar-refractivity contribution in [1.82, 2.24) is 4.90 Å². The number of hydrogen-bond acceptors (Lipinski definition) is 3. The molecule has 1 aromatic carbocycles. The Bertz CT molecular complexity index is 365. The molecule has 2 nitrogen and oxygen atoms in total. The Morgan fingerprint density at radius 2 is 2.24 bits per heavy atom. The zero-order valence-corrected chi connectivity index (χ0v) is 11.8. The largest absolute Gasteiger partial charge is 0.381 e. The zero-order valence-electron chi connectivity index (χ0n) is 10.9. The molecule has 0 aliphatic carbocycles. The van der Waals surface area contributed by atoms with E-state index in [9.17, 15) is 0 Å². The molecule has 1 aliphatic rings. The van der Waals surface area contributed by atoms with Gasteiger partial charge in [0, 0.05) is 23.5 Å². The third-order valence-electron chi connectivity index (χ3n) is 3.15. The second-order valence-corrected chi connectivity index (χ2v) is 6.54. The second-order valence-electron chi connectivity index (χ2n) is 5.05. The number of anilines is 1. The van der Waals surface area contributed by atoms with Crippen molar-refractivity contribution in [2.45, 2.75) is 31.2 Å². The Morgan fingerprint density at radius 3 is 2.88 bits per heavy atom. The van der Waals surface area contributed by atoms with E-state index in [4.69, 9.17) is 0 Å². The van der Waals surface area contributed by atoms with Gasteiger partial charge in [0.1, 0.15) is 0 Å². The van der Waals surface area contributed by atoms with Gasteiger partial charge in [-0.2, -0.15) is 11.8 Å². The summed E-state index contributed by atoms with van der Waals surface area (Å²) in [6.07, 6.45) is 1.28. The first-order valence-corrected chi connectivity index (χ1v) is 7.32. The average Bonchev–Trinajstić information content (AvgIpc) is 2.64. The smallest absolute Gasteiger partial charge is 0.0385 e. The lowest BCUT2D eigenvalue weighted by Crippen LogP contribution is -2.24. The molecule has 2 rings (SSSR count). The van der Waals surface area contributed by atoms with Gasteiger partial charge in [0.25, 0.3) is 0 Å². The van der Waals surface area contributed by atoms with Gasteiger partial charge in [-0.05, 0) is 44.0 Å². The minimum Gasteiger partial charge on any atom is -0.381 e. The molecule has 0 bridgehead atoms. The Hall–Kier alpha value is -0.670. The molecule has 1 aliphatic heterocycles. The highest BCUT2D eigenvalue weighted by Crippen LogP contribution is 2.29. The molecule has 2 unspecified atom stereocenters. The molecule has 2 atom stereocenters. The Morgan fingerprint density at radius 1 is 1.41 bits per heavy atom. The maximum Gasteiger partial charge on any atom is 0.0385 e. The fourth-order valence-electron chi connectivity index (χ4n) is 2.26. The van der Waals surface area contributed by atoms with Crippen molar-refractivity contribution in [2.75, 3.05) is 25.2 Å². The van der Waals surface area contributed by atoms with Crippen molar-refractivity contribution in [1.29, 1.82) is 0 Å². The first kappa shape index (κ1) is 12.8. The molecule has 0 radical (unpaired) electrons. The molecule has 1 N–H and O–H groups in total.